The lowest BCUT2D eigenvalue weighted by molar-refractivity contribution is 0.0977. The first-order valence-electron chi connectivity index (χ1n) is 12.4. The largest absolute Gasteiger partial charge is 0.493 e. The van der Waals surface area contributed by atoms with Crippen LogP contribution in [-0.4, -0.2) is 69.1 Å². The fourth-order valence-electron chi connectivity index (χ4n) is 5.47. The molecule has 0 radical (unpaired) electrons. The molecule has 2 aliphatic rings. The minimum Gasteiger partial charge on any atom is -0.493 e. The molecule has 188 valence electrons. The number of nitrogens with zero attached hydrogens (tertiary/aromatic N) is 2. The number of rotatable bonds is 9. The highest BCUT2D eigenvalue weighted by molar-refractivity contribution is 5.96. The van der Waals surface area contributed by atoms with Gasteiger partial charge in [-0.2, -0.15) is 0 Å². The minimum absolute atomic E-state index is 0.136. The number of amides is 1. The molecule has 0 saturated carbocycles. The van der Waals surface area contributed by atoms with E-state index in [1.807, 2.05) is 12.1 Å². The zero-order chi connectivity index (χ0) is 24.9. The van der Waals surface area contributed by atoms with E-state index in [-0.39, 0.29) is 11.9 Å². The standard InChI is InChI=1S/C28H36N2O5/c1-29(2)28(32)35-25-10-7-8-20-21-15-17-30(23(21)13-12-22(20)25)16-6-5-9-24(31)19-11-14-26(33-3)27(18-19)34-4/h7-8,10-11,14,18,21,23H,5-6,9,12-13,15-17H2,1-4H3/t21-,23+/m0/s1. The third-order valence-corrected chi connectivity index (χ3v) is 7.29. The fraction of sp³-hybridized carbons (Fsp3) is 0.500. The van der Waals surface area contributed by atoms with Gasteiger partial charge in [0, 0.05) is 38.0 Å². The quantitative estimate of drug-likeness (QED) is 0.375. The van der Waals surface area contributed by atoms with E-state index in [1.54, 1.807) is 46.5 Å². The van der Waals surface area contributed by atoms with Crippen molar-refractivity contribution >= 4 is 11.9 Å². The van der Waals surface area contributed by atoms with Crippen LogP contribution in [-0.2, 0) is 6.42 Å². The maximum absolute atomic E-state index is 12.7. The molecule has 1 saturated heterocycles. The van der Waals surface area contributed by atoms with Gasteiger partial charge in [-0.1, -0.05) is 12.1 Å². The van der Waals surface area contributed by atoms with Gasteiger partial charge in [-0.15, -0.1) is 0 Å². The van der Waals surface area contributed by atoms with Crippen LogP contribution in [0.5, 0.6) is 17.2 Å². The van der Waals surface area contributed by atoms with E-state index < -0.39 is 0 Å². The van der Waals surface area contributed by atoms with Crippen LogP contribution in [0.3, 0.4) is 0 Å². The van der Waals surface area contributed by atoms with Gasteiger partial charge in [0.2, 0.25) is 0 Å². The van der Waals surface area contributed by atoms with Gasteiger partial charge in [0.15, 0.2) is 17.3 Å². The first-order valence-corrected chi connectivity index (χ1v) is 12.4. The van der Waals surface area contributed by atoms with Gasteiger partial charge in [-0.05, 0) is 80.6 Å². The summed E-state index contributed by atoms with van der Waals surface area (Å²) in [5.41, 5.74) is 3.18. The molecule has 2 aromatic rings. The SMILES string of the molecule is COc1ccc(C(=O)CCCCN2CC[C@H]3c4cccc(OC(=O)N(C)C)c4CC[C@H]32)cc1OC. The molecule has 1 aliphatic carbocycles. The van der Waals surface area contributed by atoms with Crippen molar-refractivity contribution < 1.29 is 23.8 Å². The van der Waals surface area contributed by atoms with Crippen molar-refractivity contribution in [1.29, 1.82) is 0 Å². The van der Waals surface area contributed by atoms with Crippen LogP contribution in [0.15, 0.2) is 36.4 Å². The second-order valence-corrected chi connectivity index (χ2v) is 9.57. The molecule has 0 unspecified atom stereocenters. The molecule has 1 aliphatic heterocycles. The summed E-state index contributed by atoms with van der Waals surface area (Å²) in [6, 6.07) is 12.0. The number of Topliss-reactive ketones (excluding diaryl/α,β-unsaturated/α-hetero) is 1. The summed E-state index contributed by atoms with van der Waals surface area (Å²) < 4.78 is 16.2. The zero-order valence-electron chi connectivity index (χ0n) is 21.2. The molecule has 4 rings (SSSR count). The number of carbonyl (C=O) groups excluding carboxylic acids is 2. The molecule has 2 aromatic carbocycles. The molecule has 35 heavy (non-hydrogen) atoms. The molecule has 0 spiro atoms. The van der Waals surface area contributed by atoms with Crippen molar-refractivity contribution in [3.8, 4) is 17.2 Å². The number of carbonyl (C=O) groups is 2. The number of benzene rings is 2. The van der Waals surface area contributed by atoms with E-state index >= 15 is 0 Å². The van der Waals surface area contributed by atoms with Crippen LogP contribution < -0.4 is 14.2 Å². The van der Waals surface area contributed by atoms with Crippen molar-refractivity contribution in [3.63, 3.8) is 0 Å². The Morgan fingerprint density at radius 2 is 1.80 bits per heavy atom. The number of ether oxygens (including phenoxy) is 3. The van der Waals surface area contributed by atoms with Gasteiger partial charge in [0.1, 0.15) is 5.75 Å². The number of hydrogen-bond acceptors (Lipinski definition) is 6. The lowest BCUT2D eigenvalue weighted by atomic mass is 9.79. The monoisotopic (exact) mass is 480 g/mol. The van der Waals surface area contributed by atoms with Crippen LogP contribution in [0.4, 0.5) is 4.79 Å². The summed E-state index contributed by atoms with van der Waals surface area (Å²) in [7, 11) is 6.57. The Morgan fingerprint density at radius 1 is 1.00 bits per heavy atom. The third kappa shape index (κ3) is 5.45. The summed E-state index contributed by atoms with van der Waals surface area (Å²) in [6.45, 7) is 2.07. The predicted octanol–water partition coefficient (Wildman–Crippen LogP) is 4.92. The van der Waals surface area contributed by atoms with Crippen molar-refractivity contribution in [2.75, 3.05) is 41.4 Å². The summed E-state index contributed by atoms with van der Waals surface area (Å²) in [6.07, 6.45) is 5.16. The lowest BCUT2D eigenvalue weighted by Gasteiger charge is -2.34. The van der Waals surface area contributed by atoms with Crippen LogP contribution in [0.25, 0.3) is 0 Å². The number of methoxy groups -OCH3 is 2. The van der Waals surface area contributed by atoms with Gasteiger partial charge >= 0.3 is 6.09 Å². The molecule has 2 atom stereocenters. The summed E-state index contributed by atoms with van der Waals surface area (Å²) in [5, 5.41) is 0. The van der Waals surface area contributed by atoms with E-state index in [1.165, 1.54) is 16.0 Å². The average Bonchev–Trinajstić information content (AvgIpc) is 3.29. The summed E-state index contributed by atoms with van der Waals surface area (Å²) in [5.74, 6) is 2.52. The lowest BCUT2D eigenvalue weighted by Crippen LogP contribution is -2.36. The Labute approximate surface area is 207 Å². The Hall–Kier alpha value is -3.06. The fourth-order valence-corrected chi connectivity index (χ4v) is 5.47. The third-order valence-electron chi connectivity index (χ3n) is 7.29. The minimum atomic E-state index is -0.337. The second-order valence-electron chi connectivity index (χ2n) is 9.57. The highest BCUT2D eigenvalue weighted by Gasteiger charge is 2.39. The Morgan fingerprint density at radius 3 is 2.54 bits per heavy atom. The molecule has 1 amide bonds. The number of likely N-dealkylation sites (tertiary alicyclic amines) is 1. The van der Waals surface area contributed by atoms with Crippen molar-refractivity contribution in [2.45, 2.75) is 50.5 Å². The van der Waals surface area contributed by atoms with Crippen molar-refractivity contribution in [1.82, 2.24) is 9.80 Å². The summed E-state index contributed by atoms with van der Waals surface area (Å²) in [4.78, 5) is 28.8. The first-order chi connectivity index (χ1) is 16.9. The van der Waals surface area contributed by atoms with Crippen LogP contribution in [0.1, 0.15) is 59.5 Å². The van der Waals surface area contributed by atoms with Gasteiger partial charge in [0.05, 0.1) is 14.2 Å². The molecule has 0 bridgehead atoms. The van der Waals surface area contributed by atoms with E-state index in [9.17, 15) is 9.59 Å². The van der Waals surface area contributed by atoms with Crippen LogP contribution >= 0.6 is 0 Å². The Balaban J connectivity index is 1.30. The van der Waals surface area contributed by atoms with E-state index in [4.69, 9.17) is 14.2 Å². The van der Waals surface area contributed by atoms with E-state index in [2.05, 4.69) is 11.0 Å². The Kier molecular flexibility index (Phi) is 7.96. The topological polar surface area (TPSA) is 68.3 Å². The van der Waals surface area contributed by atoms with Gasteiger partial charge in [0.25, 0.3) is 0 Å². The number of ketones is 1. The molecular weight excluding hydrogens is 444 g/mol. The molecule has 1 heterocycles. The number of hydrogen-bond donors (Lipinski definition) is 0. The van der Waals surface area contributed by atoms with Gasteiger partial charge < -0.3 is 19.1 Å². The van der Waals surface area contributed by atoms with E-state index in [0.29, 0.717) is 41.2 Å². The van der Waals surface area contributed by atoms with Crippen LogP contribution in [0, 0.1) is 0 Å². The van der Waals surface area contributed by atoms with E-state index in [0.717, 1.165) is 45.2 Å². The highest BCUT2D eigenvalue weighted by atomic mass is 16.6. The average molecular weight is 481 g/mol. The highest BCUT2D eigenvalue weighted by Crippen LogP contribution is 2.44. The van der Waals surface area contributed by atoms with Gasteiger partial charge in [-0.3, -0.25) is 9.69 Å². The smallest absolute Gasteiger partial charge is 0.414 e. The molecule has 7 nitrogen and oxygen atoms in total. The normalized spacial score (nSPS) is 19.0. The molecule has 1 fully saturated rings. The molecular formula is C28H36N2O5. The second kappa shape index (κ2) is 11.1. The maximum atomic E-state index is 12.7. The maximum Gasteiger partial charge on any atom is 0.414 e. The molecule has 0 aromatic heterocycles. The first kappa shape index (κ1) is 25.0. The van der Waals surface area contributed by atoms with Crippen molar-refractivity contribution in [3.05, 3.63) is 53.1 Å². The summed E-state index contributed by atoms with van der Waals surface area (Å²) >= 11 is 0. The van der Waals surface area contributed by atoms with Crippen molar-refractivity contribution in [2.24, 2.45) is 0 Å². The van der Waals surface area contributed by atoms with Crippen LogP contribution in [0.2, 0.25) is 0 Å². The Bertz CT molecular complexity index is 1070. The van der Waals surface area contributed by atoms with Gasteiger partial charge in [-0.25, -0.2) is 4.79 Å². The molecule has 7 heteroatoms. The number of fused-ring (bicyclic) bond motifs is 3. The predicted molar refractivity (Wildman–Crippen MR) is 135 cm³/mol. The number of unbranched alkanes of at least 4 members (excludes halogenated alkanes) is 1. The molecule has 0 N–H and O–H groups in total. The zero-order valence-corrected chi connectivity index (χ0v) is 21.2.